The Bertz CT molecular complexity index is 56.9. The van der Waals surface area contributed by atoms with Crippen molar-refractivity contribution in [1.29, 1.82) is 0 Å². The van der Waals surface area contributed by atoms with Crippen molar-refractivity contribution < 1.29 is 10.2 Å². The van der Waals surface area contributed by atoms with Gasteiger partial charge in [-0.25, -0.2) is 0 Å². The van der Waals surface area contributed by atoms with Crippen molar-refractivity contribution in [3.63, 3.8) is 0 Å². The average Bonchev–Trinajstić information content (AvgIpc) is 1.91. The minimum absolute atomic E-state index is 0.101. The summed E-state index contributed by atoms with van der Waals surface area (Å²) < 4.78 is 0. The minimum Gasteiger partial charge on any atom is -0.381 e. The van der Waals surface area contributed by atoms with Crippen LogP contribution in [0.15, 0.2) is 0 Å². The van der Waals surface area contributed by atoms with Gasteiger partial charge in [-0.2, -0.15) is 0 Å². The molecule has 9 heavy (non-hydrogen) atoms. The molecule has 0 aromatic rings. The molecular formula is C5H14N2O2. The van der Waals surface area contributed by atoms with Crippen molar-refractivity contribution in [2.45, 2.75) is 6.42 Å². The summed E-state index contributed by atoms with van der Waals surface area (Å²) in [5, 5.41) is 17.0. The summed E-state index contributed by atoms with van der Waals surface area (Å²) >= 11 is 0. The molecule has 0 saturated carbocycles. The maximum Gasteiger partial charge on any atom is 0.0974 e. The van der Waals surface area contributed by atoms with E-state index >= 15 is 0 Å². The standard InChI is InChI=1S/C5H14N2O2/c6-2-1-3-7(4-8)5-9/h8-9H,1-6H2. The van der Waals surface area contributed by atoms with E-state index in [4.69, 9.17) is 15.9 Å². The van der Waals surface area contributed by atoms with E-state index in [1.165, 1.54) is 4.90 Å². The van der Waals surface area contributed by atoms with Crippen LogP contribution in [0.3, 0.4) is 0 Å². The molecule has 4 heteroatoms. The van der Waals surface area contributed by atoms with Crippen LogP contribution < -0.4 is 5.73 Å². The first-order chi connectivity index (χ1) is 4.35. The highest BCUT2D eigenvalue weighted by molar-refractivity contribution is 4.46. The lowest BCUT2D eigenvalue weighted by Gasteiger charge is -2.14. The number of aliphatic hydroxyl groups is 2. The van der Waals surface area contributed by atoms with Crippen molar-refractivity contribution in [3.05, 3.63) is 0 Å². The number of rotatable bonds is 5. The number of hydrogen-bond acceptors (Lipinski definition) is 4. The highest BCUT2D eigenvalue weighted by atomic mass is 16.3. The molecule has 0 fully saturated rings. The predicted octanol–water partition coefficient (Wildman–Crippen LogP) is -1.46. The van der Waals surface area contributed by atoms with Crippen molar-refractivity contribution >= 4 is 0 Å². The molecule has 0 aliphatic rings. The average molecular weight is 134 g/mol. The summed E-state index contributed by atoms with van der Waals surface area (Å²) in [6.07, 6.45) is 0.807. The monoisotopic (exact) mass is 134 g/mol. The maximum absolute atomic E-state index is 8.48. The lowest BCUT2D eigenvalue weighted by atomic mass is 10.4. The summed E-state index contributed by atoms with van der Waals surface area (Å²) in [5.41, 5.74) is 5.20. The van der Waals surface area contributed by atoms with E-state index in [9.17, 15) is 0 Å². The normalized spacial score (nSPS) is 10.7. The second-order valence-electron chi connectivity index (χ2n) is 1.82. The fourth-order valence-electron chi connectivity index (χ4n) is 0.501. The molecule has 0 aliphatic heterocycles. The van der Waals surface area contributed by atoms with Crippen molar-refractivity contribution in [2.24, 2.45) is 5.73 Å². The van der Waals surface area contributed by atoms with Crippen LogP contribution in [0.2, 0.25) is 0 Å². The molecule has 0 atom stereocenters. The number of nitrogens with zero attached hydrogens (tertiary/aromatic N) is 1. The molecule has 0 unspecified atom stereocenters. The lowest BCUT2D eigenvalue weighted by Crippen LogP contribution is -2.28. The molecular weight excluding hydrogens is 120 g/mol. The first kappa shape index (κ1) is 8.84. The van der Waals surface area contributed by atoms with Crippen molar-refractivity contribution in [2.75, 3.05) is 26.6 Å². The Morgan fingerprint density at radius 1 is 1.22 bits per heavy atom. The van der Waals surface area contributed by atoms with Gasteiger partial charge in [0.2, 0.25) is 0 Å². The van der Waals surface area contributed by atoms with E-state index in [-0.39, 0.29) is 13.5 Å². The Morgan fingerprint density at radius 3 is 2.11 bits per heavy atom. The van der Waals surface area contributed by atoms with E-state index in [1.54, 1.807) is 0 Å². The smallest absolute Gasteiger partial charge is 0.0974 e. The van der Waals surface area contributed by atoms with E-state index in [1.807, 2.05) is 0 Å². The summed E-state index contributed by atoms with van der Waals surface area (Å²) in [6, 6.07) is 0. The third-order valence-corrected chi connectivity index (χ3v) is 1.08. The van der Waals surface area contributed by atoms with Crippen LogP contribution in [-0.2, 0) is 0 Å². The zero-order chi connectivity index (χ0) is 7.11. The molecule has 56 valence electrons. The van der Waals surface area contributed by atoms with E-state index < -0.39 is 0 Å². The second-order valence-corrected chi connectivity index (χ2v) is 1.82. The zero-order valence-electron chi connectivity index (χ0n) is 5.45. The van der Waals surface area contributed by atoms with E-state index in [0.29, 0.717) is 13.1 Å². The van der Waals surface area contributed by atoms with E-state index in [2.05, 4.69) is 0 Å². The van der Waals surface area contributed by atoms with Gasteiger partial charge in [-0.15, -0.1) is 0 Å². The van der Waals surface area contributed by atoms with Gasteiger partial charge in [0.05, 0.1) is 13.5 Å². The quantitative estimate of drug-likeness (QED) is 0.402. The van der Waals surface area contributed by atoms with Crippen LogP contribution in [0, 0.1) is 0 Å². The molecule has 4 N–H and O–H groups in total. The van der Waals surface area contributed by atoms with Crippen LogP contribution in [0.25, 0.3) is 0 Å². The molecule has 0 saturated heterocycles. The topological polar surface area (TPSA) is 69.7 Å². The van der Waals surface area contributed by atoms with Gasteiger partial charge in [0.15, 0.2) is 0 Å². The Hall–Kier alpha value is -0.160. The van der Waals surface area contributed by atoms with Gasteiger partial charge < -0.3 is 15.9 Å². The van der Waals surface area contributed by atoms with Gasteiger partial charge in [0.25, 0.3) is 0 Å². The lowest BCUT2D eigenvalue weighted by molar-refractivity contribution is 0.0294. The molecule has 0 rings (SSSR count). The molecule has 0 heterocycles. The molecule has 4 nitrogen and oxygen atoms in total. The summed E-state index contributed by atoms with van der Waals surface area (Å²) in [4.78, 5) is 1.49. The molecule has 0 aromatic heterocycles. The van der Waals surface area contributed by atoms with Crippen LogP contribution >= 0.6 is 0 Å². The Balaban J connectivity index is 3.09. The Kier molecular flexibility index (Phi) is 5.86. The van der Waals surface area contributed by atoms with Gasteiger partial charge in [-0.05, 0) is 13.0 Å². The first-order valence-electron chi connectivity index (χ1n) is 2.99. The number of aliphatic hydroxyl groups excluding tert-OH is 2. The highest BCUT2D eigenvalue weighted by Gasteiger charge is 1.97. The van der Waals surface area contributed by atoms with Gasteiger partial charge in [0, 0.05) is 6.54 Å². The SMILES string of the molecule is NCCCN(CO)CO. The Labute approximate surface area is 54.9 Å². The number of hydrogen-bond donors (Lipinski definition) is 3. The van der Waals surface area contributed by atoms with Crippen molar-refractivity contribution in [1.82, 2.24) is 4.90 Å². The number of nitrogens with two attached hydrogens (primary N) is 1. The van der Waals surface area contributed by atoms with Crippen LogP contribution in [0.4, 0.5) is 0 Å². The minimum atomic E-state index is -0.101. The summed E-state index contributed by atoms with van der Waals surface area (Å²) in [6.45, 7) is 1.05. The molecule has 0 aromatic carbocycles. The molecule has 0 aliphatic carbocycles. The van der Waals surface area contributed by atoms with Crippen LogP contribution in [0.1, 0.15) is 6.42 Å². The van der Waals surface area contributed by atoms with Crippen molar-refractivity contribution in [3.8, 4) is 0 Å². The summed E-state index contributed by atoms with van der Waals surface area (Å²) in [7, 11) is 0. The molecule has 0 bridgehead atoms. The molecule has 0 radical (unpaired) electrons. The summed E-state index contributed by atoms with van der Waals surface area (Å²) in [5.74, 6) is 0. The molecule has 0 spiro atoms. The second kappa shape index (κ2) is 5.97. The fraction of sp³-hybridized carbons (Fsp3) is 1.00. The van der Waals surface area contributed by atoms with Gasteiger partial charge in [0.1, 0.15) is 0 Å². The third kappa shape index (κ3) is 4.35. The van der Waals surface area contributed by atoms with Gasteiger partial charge in [-0.1, -0.05) is 0 Å². The first-order valence-corrected chi connectivity index (χ1v) is 2.99. The predicted molar refractivity (Wildman–Crippen MR) is 34.5 cm³/mol. The van der Waals surface area contributed by atoms with Crippen LogP contribution in [0.5, 0.6) is 0 Å². The van der Waals surface area contributed by atoms with Gasteiger partial charge in [-0.3, -0.25) is 4.90 Å². The Morgan fingerprint density at radius 2 is 1.78 bits per heavy atom. The zero-order valence-corrected chi connectivity index (χ0v) is 5.45. The molecule has 0 amide bonds. The maximum atomic E-state index is 8.48. The van der Waals surface area contributed by atoms with Gasteiger partial charge >= 0.3 is 0 Å². The highest BCUT2D eigenvalue weighted by Crippen LogP contribution is 1.84. The largest absolute Gasteiger partial charge is 0.381 e. The van der Waals surface area contributed by atoms with Crippen LogP contribution in [-0.4, -0.2) is 41.7 Å². The fourth-order valence-corrected chi connectivity index (χ4v) is 0.501. The van der Waals surface area contributed by atoms with E-state index in [0.717, 1.165) is 6.42 Å². The third-order valence-electron chi connectivity index (χ3n) is 1.08.